The van der Waals surface area contributed by atoms with Crippen molar-refractivity contribution in [2.45, 2.75) is 56.8 Å². The zero-order chi connectivity index (χ0) is 21.9. The first kappa shape index (κ1) is 23.0. The lowest BCUT2D eigenvalue weighted by molar-refractivity contribution is 0.102. The minimum atomic E-state index is -3.49. The topological polar surface area (TPSA) is 66.5 Å². The second-order valence-corrected chi connectivity index (χ2v) is 11.5. The van der Waals surface area contributed by atoms with Crippen molar-refractivity contribution in [3.05, 3.63) is 58.1 Å². The molecule has 162 valence electrons. The molecule has 1 amide bonds. The lowest BCUT2D eigenvalue weighted by atomic mass is 9.86. The summed E-state index contributed by atoms with van der Waals surface area (Å²) in [5.74, 6) is -0.237. The van der Waals surface area contributed by atoms with Gasteiger partial charge in [0.1, 0.15) is 0 Å². The van der Waals surface area contributed by atoms with Crippen molar-refractivity contribution in [1.29, 1.82) is 0 Å². The molecule has 0 bridgehead atoms. The van der Waals surface area contributed by atoms with Crippen LogP contribution in [-0.2, 0) is 15.4 Å². The Bertz CT molecular complexity index is 1000. The van der Waals surface area contributed by atoms with E-state index in [1.807, 2.05) is 12.1 Å². The third-order valence-electron chi connectivity index (χ3n) is 5.35. The standard InChI is InChI=1S/C23H29BrN2O3S/c1-23(2,3)20-13-8-17(16-21(20)24)22(27)25-18-9-11-19(12-10-18)30(28,29)26-14-6-4-5-7-15-26/h8-13,16H,4-7,14-15H2,1-3H3,(H,25,27). The van der Waals surface area contributed by atoms with Crippen LogP contribution in [0.4, 0.5) is 5.69 Å². The fourth-order valence-corrected chi connectivity index (χ4v) is 6.10. The van der Waals surface area contributed by atoms with E-state index in [4.69, 9.17) is 0 Å². The van der Waals surface area contributed by atoms with Crippen LogP contribution < -0.4 is 5.32 Å². The number of hydrogen-bond acceptors (Lipinski definition) is 3. The molecule has 0 atom stereocenters. The molecule has 0 aromatic heterocycles. The van der Waals surface area contributed by atoms with E-state index in [9.17, 15) is 13.2 Å². The Balaban J connectivity index is 1.72. The molecule has 1 saturated heterocycles. The molecule has 2 aromatic carbocycles. The summed E-state index contributed by atoms with van der Waals surface area (Å²) in [6.07, 6.45) is 3.95. The lowest BCUT2D eigenvalue weighted by Crippen LogP contribution is -2.31. The molecule has 1 aliphatic heterocycles. The van der Waals surface area contributed by atoms with Crippen molar-refractivity contribution in [1.82, 2.24) is 4.31 Å². The number of carbonyl (C=O) groups is 1. The van der Waals surface area contributed by atoms with E-state index in [0.29, 0.717) is 24.3 Å². The highest BCUT2D eigenvalue weighted by Crippen LogP contribution is 2.30. The summed E-state index contributed by atoms with van der Waals surface area (Å²) in [6, 6.07) is 12.0. The number of anilines is 1. The third-order valence-corrected chi connectivity index (χ3v) is 7.92. The number of halogens is 1. The Morgan fingerprint density at radius 1 is 0.967 bits per heavy atom. The van der Waals surface area contributed by atoms with E-state index in [0.717, 1.165) is 35.7 Å². The molecule has 30 heavy (non-hydrogen) atoms. The Labute approximate surface area is 188 Å². The molecule has 0 spiro atoms. The maximum absolute atomic E-state index is 12.9. The molecular weight excluding hydrogens is 464 g/mol. The van der Waals surface area contributed by atoms with Gasteiger partial charge in [-0.05, 0) is 60.2 Å². The number of hydrogen-bond donors (Lipinski definition) is 1. The van der Waals surface area contributed by atoms with Crippen molar-refractivity contribution in [2.75, 3.05) is 18.4 Å². The molecular formula is C23H29BrN2O3S. The lowest BCUT2D eigenvalue weighted by Gasteiger charge is -2.21. The number of rotatable bonds is 4. The Hall–Kier alpha value is -1.70. The fourth-order valence-electron chi connectivity index (χ4n) is 3.61. The second-order valence-electron chi connectivity index (χ2n) is 8.74. The van der Waals surface area contributed by atoms with Gasteiger partial charge in [-0.3, -0.25) is 4.79 Å². The Kier molecular flexibility index (Phi) is 7.05. The summed E-state index contributed by atoms with van der Waals surface area (Å²) in [4.78, 5) is 12.9. The number of nitrogens with zero attached hydrogens (tertiary/aromatic N) is 1. The molecule has 1 N–H and O–H groups in total. The largest absolute Gasteiger partial charge is 0.322 e. The number of sulfonamides is 1. The average molecular weight is 493 g/mol. The molecule has 3 rings (SSSR count). The predicted octanol–water partition coefficient (Wildman–Crippen LogP) is 5.56. The summed E-state index contributed by atoms with van der Waals surface area (Å²) in [5, 5.41) is 2.84. The summed E-state index contributed by atoms with van der Waals surface area (Å²) in [6.45, 7) is 7.50. The normalized spacial score (nSPS) is 16.1. The van der Waals surface area contributed by atoms with Crippen molar-refractivity contribution >= 4 is 37.5 Å². The molecule has 1 fully saturated rings. The van der Waals surface area contributed by atoms with Gasteiger partial charge in [0, 0.05) is 28.8 Å². The molecule has 0 saturated carbocycles. The molecule has 7 heteroatoms. The number of amides is 1. The number of benzene rings is 2. The Morgan fingerprint density at radius 2 is 1.57 bits per heavy atom. The van der Waals surface area contributed by atoms with Crippen molar-refractivity contribution in [2.24, 2.45) is 0 Å². The third kappa shape index (κ3) is 5.31. The van der Waals surface area contributed by atoms with Crippen LogP contribution in [0.3, 0.4) is 0 Å². The maximum Gasteiger partial charge on any atom is 0.255 e. The number of nitrogens with one attached hydrogen (secondary N) is 1. The van der Waals surface area contributed by atoms with Crippen molar-refractivity contribution in [3.8, 4) is 0 Å². The van der Waals surface area contributed by atoms with E-state index in [2.05, 4.69) is 42.0 Å². The fraction of sp³-hybridized carbons (Fsp3) is 0.435. The van der Waals surface area contributed by atoms with Gasteiger partial charge in [-0.1, -0.05) is 55.6 Å². The monoisotopic (exact) mass is 492 g/mol. The average Bonchev–Trinajstić information content (AvgIpc) is 2.97. The van der Waals surface area contributed by atoms with Gasteiger partial charge >= 0.3 is 0 Å². The summed E-state index contributed by atoms with van der Waals surface area (Å²) in [5.41, 5.74) is 2.20. The maximum atomic E-state index is 12.9. The van der Waals surface area contributed by atoms with Gasteiger partial charge in [0.15, 0.2) is 0 Å². The molecule has 1 aliphatic rings. The van der Waals surface area contributed by atoms with Gasteiger partial charge in [0.2, 0.25) is 10.0 Å². The van der Waals surface area contributed by atoms with E-state index < -0.39 is 10.0 Å². The van der Waals surface area contributed by atoms with E-state index in [1.165, 1.54) is 0 Å². The zero-order valence-electron chi connectivity index (χ0n) is 17.7. The molecule has 0 radical (unpaired) electrons. The number of carbonyl (C=O) groups excluding carboxylic acids is 1. The van der Waals surface area contributed by atoms with E-state index in [-0.39, 0.29) is 16.2 Å². The zero-order valence-corrected chi connectivity index (χ0v) is 20.1. The van der Waals surface area contributed by atoms with Gasteiger partial charge < -0.3 is 5.32 Å². The summed E-state index contributed by atoms with van der Waals surface area (Å²) >= 11 is 3.56. The Morgan fingerprint density at radius 3 is 2.10 bits per heavy atom. The minimum absolute atomic E-state index is 0.0253. The molecule has 2 aromatic rings. The highest BCUT2D eigenvalue weighted by molar-refractivity contribution is 9.10. The van der Waals surface area contributed by atoms with Gasteiger partial charge in [-0.25, -0.2) is 8.42 Å². The van der Waals surface area contributed by atoms with Gasteiger partial charge in [0.05, 0.1) is 4.90 Å². The van der Waals surface area contributed by atoms with Crippen molar-refractivity contribution < 1.29 is 13.2 Å². The van der Waals surface area contributed by atoms with Crippen LogP contribution in [0, 0.1) is 0 Å². The van der Waals surface area contributed by atoms with Gasteiger partial charge in [0.25, 0.3) is 5.91 Å². The van der Waals surface area contributed by atoms with Gasteiger partial charge in [-0.2, -0.15) is 4.31 Å². The van der Waals surface area contributed by atoms with Crippen LogP contribution in [0.5, 0.6) is 0 Å². The molecule has 5 nitrogen and oxygen atoms in total. The first-order valence-electron chi connectivity index (χ1n) is 10.3. The quantitative estimate of drug-likeness (QED) is 0.606. The van der Waals surface area contributed by atoms with Gasteiger partial charge in [-0.15, -0.1) is 0 Å². The molecule has 0 unspecified atom stereocenters. The van der Waals surface area contributed by atoms with Crippen molar-refractivity contribution in [3.63, 3.8) is 0 Å². The second kappa shape index (κ2) is 9.20. The first-order chi connectivity index (χ1) is 14.1. The predicted molar refractivity (Wildman–Crippen MR) is 124 cm³/mol. The summed E-state index contributed by atoms with van der Waals surface area (Å²) < 4.78 is 28.2. The highest BCUT2D eigenvalue weighted by Gasteiger charge is 2.25. The first-order valence-corrected chi connectivity index (χ1v) is 12.5. The van der Waals surface area contributed by atoms with Crippen LogP contribution in [0.1, 0.15) is 62.4 Å². The van der Waals surface area contributed by atoms with Crippen LogP contribution in [0.2, 0.25) is 0 Å². The highest BCUT2D eigenvalue weighted by atomic mass is 79.9. The van der Waals surface area contributed by atoms with E-state index >= 15 is 0 Å². The van der Waals surface area contributed by atoms with Crippen LogP contribution in [0.15, 0.2) is 51.8 Å². The SMILES string of the molecule is CC(C)(C)c1ccc(C(=O)Nc2ccc(S(=O)(=O)N3CCCCCC3)cc2)cc1Br. The van der Waals surface area contributed by atoms with E-state index in [1.54, 1.807) is 34.6 Å². The minimum Gasteiger partial charge on any atom is -0.322 e. The smallest absolute Gasteiger partial charge is 0.255 e. The van der Waals surface area contributed by atoms with Crippen LogP contribution >= 0.6 is 15.9 Å². The molecule has 0 aliphatic carbocycles. The molecule has 1 heterocycles. The van der Waals surface area contributed by atoms with Crippen LogP contribution in [0.25, 0.3) is 0 Å². The van der Waals surface area contributed by atoms with Crippen LogP contribution in [-0.4, -0.2) is 31.7 Å². The summed E-state index contributed by atoms with van der Waals surface area (Å²) in [7, 11) is -3.49.